The number of rotatable bonds is 4. The zero-order chi connectivity index (χ0) is 17.1. The first-order valence-electron chi connectivity index (χ1n) is 7.91. The Morgan fingerprint density at radius 1 is 1.29 bits per heavy atom. The van der Waals surface area contributed by atoms with E-state index in [1.165, 1.54) is 24.6 Å². The first-order valence-corrected chi connectivity index (χ1v) is 8.29. The summed E-state index contributed by atoms with van der Waals surface area (Å²) in [6.45, 7) is 0. The lowest BCUT2D eigenvalue weighted by atomic mass is 9.95. The van der Waals surface area contributed by atoms with Crippen LogP contribution in [0.2, 0.25) is 5.15 Å². The predicted molar refractivity (Wildman–Crippen MR) is 88.3 cm³/mol. The maximum Gasteiger partial charge on any atom is 0.272 e. The van der Waals surface area contributed by atoms with Crippen LogP contribution in [0.5, 0.6) is 0 Å². The third kappa shape index (κ3) is 3.19. The molecule has 1 aliphatic carbocycles. The van der Waals surface area contributed by atoms with Crippen LogP contribution < -0.4 is 5.32 Å². The molecule has 7 heteroatoms. The van der Waals surface area contributed by atoms with Gasteiger partial charge < -0.3 is 5.32 Å². The molecule has 0 atom stereocenters. The zero-order valence-electron chi connectivity index (χ0n) is 13.0. The summed E-state index contributed by atoms with van der Waals surface area (Å²) in [6.07, 6.45) is 5.59. The quantitative estimate of drug-likeness (QED) is 0.859. The smallest absolute Gasteiger partial charge is 0.272 e. The standard InChI is InChI=1S/C17H17ClFN3O2/c18-16-12(10-23)15(17(24)20-11-6-2-1-3-7-11)21-22(16)14-9-5-4-8-13(14)19/h4-5,8-11H,1-3,6-7H2,(H,20,24). The first kappa shape index (κ1) is 16.6. The molecule has 1 aromatic carbocycles. The number of hydrogen-bond donors (Lipinski definition) is 1. The number of carbonyl (C=O) groups is 2. The first-order chi connectivity index (χ1) is 11.6. The largest absolute Gasteiger partial charge is 0.348 e. The second-order valence-corrected chi connectivity index (χ2v) is 6.20. The van der Waals surface area contributed by atoms with E-state index >= 15 is 0 Å². The molecule has 0 spiro atoms. The molecule has 3 rings (SSSR count). The van der Waals surface area contributed by atoms with Gasteiger partial charge >= 0.3 is 0 Å². The summed E-state index contributed by atoms with van der Waals surface area (Å²) in [5.41, 5.74) is -0.0284. The number of nitrogens with one attached hydrogen (secondary N) is 1. The van der Waals surface area contributed by atoms with Gasteiger partial charge in [-0.05, 0) is 25.0 Å². The van der Waals surface area contributed by atoms with Gasteiger partial charge in [0.25, 0.3) is 5.91 Å². The van der Waals surface area contributed by atoms with Crippen molar-refractivity contribution in [3.63, 3.8) is 0 Å². The minimum Gasteiger partial charge on any atom is -0.348 e. The van der Waals surface area contributed by atoms with Crippen molar-refractivity contribution in [1.29, 1.82) is 0 Å². The highest BCUT2D eigenvalue weighted by Gasteiger charge is 2.25. The lowest BCUT2D eigenvalue weighted by Gasteiger charge is -2.22. The molecular weight excluding hydrogens is 333 g/mol. The van der Waals surface area contributed by atoms with Crippen LogP contribution >= 0.6 is 11.6 Å². The zero-order valence-corrected chi connectivity index (χ0v) is 13.7. The Kier molecular flexibility index (Phi) is 4.94. The molecule has 5 nitrogen and oxygen atoms in total. The minimum atomic E-state index is -0.543. The van der Waals surface area contributed by atoms with E-state index in [1.807, 2.05) is 0 Å². The van der Waals surface area contributed by atoms with Crippen LogP contribution in [0.4, 0.5) is 4.39 Å². The van der Waals surface area contributed by atoms with Crippen molar-refractivity contribution in [1.82, 2.24) is 15.1 Å². The van der Waals surface area contributed by atoms with Gasteiger partial charge in [-0.1, -0.05) is 43.0 Å². The van der Waals surface area contributed by atoms with Crippen LogP contribution in [-0.2, 0) is 0 Å². The summed E-state index contributed by atoms with van der Waals surface area (Å²) >= 11 is 6.15. The van der Waals surface area contributed by atoms with Crippen molar-refractivity contribution in [2.24, 2.45) is 0 Å². The number of hydrogen-bond acceptors (Lipinski definition) is 3. The normalized spacial score (nSPS) is 15.2. The summed E-state index contributed by atoms with van der Waals surface area (Å²) in [4.78, 5) is 23.8. The molecule has 1 N–H and O–H groups in total. The topological polar surface area (TPSA) is 64.0 Å². The molecule has 1 aromatic heterocycles. The number of benzene rings is 1. The molecule has 1 amide bonds. The lowest BCUT2D eigenvalue weighted by molar-refractivity contribution is 0.0917. The number of aldehydes is 1. The second-order valence-electron chi connectivity index (χ2n) is 5.84. The highest BCUT2D eigenvalue weighted by atomic mass is 35.5. The molecule has 0 aliphatic heterocycles. The molecule has 0 unspecified atom stereocenters. The van der Waals surface area contributed by atoms with Crippen LogP contribution in [0.15, 0.2) is 24.3 Å². The SMILES string of the molecule is O=Cc1c(C(=O)NC2CCCCC2)nn(-c2ccccc2F)c1Cl. The molecule has 1 aliphatic rings. The molecule has 1 fully saturated rings. The fourth-order valence-corrected chi connectivity index (χ4v) is 3.23. The predicted octanol–water partition coefficient (Wildman–Crippen LogP) is 3.54. The van der Waals surface area contributed by atoms with Gasteiger partial charge in [0.1, 0.15) is 16.7 Å². The highest BCUT2D eigenvalue weighted by Crippen LogP contribution is 2.25. The Morgan fingerprint density at radius 2 is 2.00 bits per heavy atom. The maximum atomic E-state index is 14.0. The number of carbonyl (C=O) groups excluding carboxylic acids is 2. The third-order valence-corrected chi connectivity index (χ3v) is 4.58. The number of amides is 1. The summed E-state index contributed by atoms with van der Waals surface area (Å²) in [5, 5.41) is 6.89. The monoisotopic (exact) mass is 349 g/mol. The number of para-hydroxylation sites is 1. The van der Waals surface area contributed by atoms with Gasteiger partial charge in [-0.3, -0.25) is 9.59 Å². The van der Waals surface area contributed by atoms with E-state index in [4.69, 9.17) is 11.6 Å². The fraction of sp³-hybridized carbons (Fsp3) is 0.353. The average molecular weight is 350 g/mol. The van der Waals surface area contributed by atoms with Crippen LogP contribution in [0.25, 0.3) is 5.69 Å². The van der Waals surface area contributed by atoms with E-state index < -0.39 is 11.7 Å². The molecule has 24 heavy (non-hydrogen) atoms. The molecule has 2 aromatic rings. The summed E-state index contributed by atoms with van der Waals surface area (Å²) in [5.74, 6) is -1.00. The van der Waals surface area contributed by atoms with E-state index in [1.54, 1.807) is 6.07 Å². The van der Waals surface area contributed by atoms with Crippen molar-refractivity contribution in [3.8, 4) is 5.69 Å². The molecule has 0 saturated heterocycles. The summed E-state index contributed by atoms with van der Waals surface area (Å²) in [6, 6.07) is 5.97. The second kappa shape index (κ2) is 7.13. The van der Waals surface area contributed by atoms with E-state index in [-0.39, 0.29) is 28.1 Å². The molecule has 0 radical (unpaired) electrons. The Morgan fingerprint density at radius 3 is 2.67 bits per heavy atom. The molecule has 0 bridgehead atoms. The van der Waals surface area contributed by atoms with E-state index in [2.05, 4.69) is 10.4 Å². The van der Waals surface area contributed by atoms with Crippen molar-refractivity contribution in [2.75, 3.05) is 0 Å². The van der Waals surface area contributed by atoms with Gasteiger partial charge in [-0.25, -0.2) is 9.07 Å². The van der Waals surface area contributed by atoms with E-state index in [0.717, 1.165) is 30.4 Å². The summed E-state index contributed by atoms with van der Waals surface area (Å²) in [7, 11) is 0. The summed E-state index contributed by atoms with van der Waals surface area (Å²) < 4.78 is 15.0. The minimum absolute atomic E-state index is 0.0340. The number of halogens is 2. The van der Waals surface area contributed by atoms with Crippen molar-refractivity contribution < 1.29 is 14.0 Å². The third-order valence-electron chi connectivity index (χ3n) is 4.22. The van der Waals surface area contributed by atoms with E-state index in [9.17, 15) is 14.0 Å². The van der Waals surface area contributed by atoms with Crippen molar-refractivity contribution >= 4 is 23.8 Å². The Labute approximate surface area is 143 Å². The van der Waals surface area contributed by atoms with Crippen molar-refractivity contribution in [3.05, 3.63) is 46.5 Å². The van der Waals surface area contributed by atoms with Gasteiger partial charge in [0.2, 0.25) is 0 Å². The highest BCUT2D eigenvalue weighted by molar-refractivity contribution is 6.33. The van der Waals surface area contributed by atoms with Crippen LogP contribution in [-0.4, -0.2) is 28.0 Å². The van der Waals surface area contributed by atoms with E-state index in [0.29, 0.717) is 6.29 Å². The van der Waals surface area contributed by atoms with Gasteiger partial charge in [0, 0.05) is 6.04 Å². The van der Waals surface area contributed by atoms with Crippen LogP contribution in [0.3, 0.4) is 0 Å². The van der Waals surface area contributed by atoms with Gasteiger partial charge in [-0.15, -0.1) is 0 Å². The van der Waals surface area contributed by atoms with Gasteiger partial charge in [0.15, 0.2) is 12.0 Å². The average Bonchev–Trinajstić information content (AvgIpc) is 2.93. The maximum absolute atomic E-state index is 14.0. The number of aromatic nitrogens is 2. The van der Waals surface area contributed by atoms with Gasteiger partial charge in [-0.2, -0.15) is 5.10 Å². The molecule has 1 saturated carbocycles. The molecule has 1 heterocycles. The molecule has 126 valence electrons. The lowest BCUT2D eigenvalue weighted by Crippen LogP contribution is -2.36. The number of nitrogens with zero attached hydrogens (tertiary/aromatic N) is 2. The fourth-order valence-electron chi connectivity index (χ4n) is 2.97. The van der Waals surface area contributed by atoms with Gasteiger partial charge in [0.05, 0.1) is 5.56 Å². The Bertz CT molecular complexity index is 769. The Hall–Kier alpha value is -2.21. The van der Waals surface area contributed by atoms with Crippen molar-refractivity contribution in [2.45, 2.75) is 38.1 Å². The van der Waals surface area contributed by atoms with Crippen LogP contribution in [0.1, 0.15) is 53.0 Å². The Balaban J connectivity index is 1.93. The van der Waals surface area contributed by atoms with Crippen LogP contribution in [0, 0.1) is 5.82 Å². The molecular formula is C17H17ClFN3O2.